The molecule has 0 aromatic rings. The van der Waals surface area contributed by atoms with Crippen LogP contribution < -0.4 is 0 Å². The number of allylic oxidation sites excluding steroid dienone is 1. The van der Waals surface area contributed by atoms with Gasteiger partial charge in [-0.2, -0.15) is 0 Å². The molecule has 2 fully saturated rings. The molecule has 4 aliphatic rings. The molecule has 1 aliphatic carbocycles. The van der Waals surface area contributed by atoms with Crippen molar-refractivity contribution in [3.05, 3.63) is 22.8 Å². The van der Waals surface area contributed by atoms with E-state index < -0.39 is 5.79 Å². The summed E-state index contributed by atoms with van der Waals surface area (Å²) in [6, 6.07) is 0. The van der Waals surface area contributed by atoms with Gasteiger partial charge in [0.25, 0.3) is 0 Å². The maximum Gasteiger partial charge on any atom is 0.336 e. The molecule has 0 saturated carbocycles. The molecule has 5 atom stereocenters. The zero-order valence-electron chi connectivity index (χ0n) is 15.1. The van der Waals surface area contributed by atoms with Gasteiger partial charge >= 0.3 is 5.97 Å². The highest BCUT2D eigenvalue weighted by molar-refractivity contribution is 5.92. The molecule has 0 spiro atoms. The molecule has 2 bridgehead atoms. The van der Waals surface area contributed by atoms with Gasteiger partial charge in [-0.1, -0.05) is 18.6 Å². The summed E-state index contributed by atoms with van der Waals surface area (Å²) in [4.78, 5) is 12.2. The Kier molecular flexibility index (Phi) is 3.37. The standard InChI is InChI=1S/C20H28O4/c1-12-6-5-8-18(3)15(19(4)9-7-16(18)23-19)10-14-13(2)17(21)24-20(14,22)11-12/h6,15-16,22H,5,7-11H2,1-4H3. The summed E-state index contributed by atoms with van der Waals surface area (Å²) < 4.78 is 11.8. The number of carbonyl (C=O) groups is 1. The first kappa shape index (κ1) is 16.3. The van der Waals surface area contributed by atoms with Gasteiger partial charge < -0.3 is 14.6 Å². The van der Waals surface area contributed by atoms with Crippen molar-refractivity contribution in [3.8, 4) is 0 Å². The quantitative estimate of drug-likeness (QED) is 0.543. The number of fused-ring (bicyclic) bond motifs is 6. The summed E-state index contributed by atoms with van der Waals surface area (Å²) in [6.45, 7) is 8.34. The topological polar surface area (TPSA) is 55.8 Å². The van der Waals surface area contributed by atoms with Crippen LogP contribution in [-0.4, -0.2) is 28.6 Å². The lowest BCUT2D eigenvalue weighted by molar-refractivity contribution is -0.182. The highest BCUT2D eigenvalue weighted by Gasteiger charge is 2.63. The minimum absolute atomic E-state index is 0.0843. The maximum atomic E-state index is 12.2. The van der Waals surface area contributed by atoms with Gasteiger partial charge in [0.15, 0.2) is 0 Å². The highest BCUT2D eigenvalue weighted by atomic mass is 16.7. The van der Waals surface area contributed by atoms with Crippen LogP contribution in [0.15, 0.2) is 22.8 Å². The number of hydrogen-bond acceptors (Lipinski definition) is 4. The monoisotopic (exact) mass is 332 g/mol. The fraction of sp³-hybridized carbons (Fsp3) is 0.750. The first-order chi connectivity index (χ1) is 11.2. The molecule has 3 heterocycles. The van der Waals surface area contributed by atoms with Crippen LogP contribution in [0.25, 0.3) is 0 Å². The van der Waals surface area contributed by atoms with Crippen molar-refractivity contribution in [3.63, 3.8) is 0 Å². The molecule has 132 valence electrons. The fourth-order valence-electron chi connectivity index (χ4n) is 5.73. The van der Waals surface area contributed by atoms with E-state index in [4.69, 9.17) is 9.47 Å². The van der Waals surface area contributed by atoms with E-state index in [0.29, 0.717) is 24.3 Å². The summed E-state index contributed by atoms with van der Waals surface area (Å²) >= 11 is 0. The molecule has 0 amide bonds. The Bertz CT molecular complexity index is 663. The number of aliphatic hydroxyl groups is 1. The molecule has 5 unspecified atom stereocenters. The molecule has 0 radical (unpaired) electrons. The van der Waals surface area contributed by atoms with Crippen molar-refractivity contribution < 1.29 is 19.4 Å². The van der Waals surface area contributed by atoms with Crippen LogP contribution >= 0.6 is 0 Å². The number of hydrogen-bond donors (Lipinski definition) is 1. The molecule has 3 aliphatic heterocycles. The molecule has 24 heavy (non-hydrogen) atoms. The van der Waals surface area contributed by atoms with E-state index in [2.05, 4.69) is 19.9 Å². The van der Waals surface area contributed by atoms with Crippen molar-refractivity contribution in [2.24, 2.45) is 11.3 Å². The normalized spacial score (nSPS) is 48.0. The lowest BCUT2D eigenvalue weighted by atomic mass is 9.58. The molecule has 2 saturated heterocycles. The van der Waals surface area contributed by atoms with Gasteiger partial charge in [0.1, 0.15) is 0 Å². The number of ether oxygens (including phenoxy) is 2. The molecule has 4 heteroatoms. The van der Waals surface area contributed by atoms with E-state index in [-0.39, 0.29) is 23.1 Å². The van der Waals surface area contributed by atoms with Crippen molar-refractivity contribution in [2.75, 3.05) is 0 Å². The third kappa shape index (κ3) is 2.08. The van der Waals surface area contributed by atoms with Crippen molar-refractivity contribution in [2.45, 2.75) is 83.7 Å². The summed E-state index contributed by atoms with van der Waals surface area (Å²) in [6.07, 6.45) is 7.79. The molecular weight excluding hydrogens is 304 g/mol. The minimum Gasteiger partial charge on any atom is -0.425 e. The second kappa shape index (κ2) is 4.95. The van der Waals surface area contributed by atoms with E-state index in [1.807, 2.05) is 6.92 Å². The Morgan fingerprint density at radius 3 is 2.75 bits per heavy atom. The molecule has 1 N–H and O–H groups in total. The van der Waals surface area contributed by atoms with Gasteiger partial charge in [0.2, 0.25) is 5.79 Å². The van der Waals surface area contributed by atoms with Crippen LogP contribution in [0.5, 0.6) is 0 Å². The SMILES string of the molecule is CC1=CCCC2(C)C3CCC(C)(O3)C2CC2=C(C)C(=O)OC2(O)C1. The van der Waals surface area contributed by atoms with Crippen LogP contribution in [0.2, 0.25) is 0 Å². The lowest BCUT2D eigenvalue weighted by Crippen LogP contribution is -2.44. The van der Waals surface area contributed by atoms with Crippen molar-refractivity contribution in [1.29, 1.82) is 0 Å². The lowest BCUT2D eigenvalue weighted by Gasteiger charge is -2.43. The first-order valence-corrected chi connectivity index (χ1v) is 9.17. The van der Waals surface area contributed by atoms with Gasteiger partial charge in [-0.25, -0.2) is 4.79 Å². The van der Waals surface area contributed by atoms with E-state index in [1.54, 1.807) is 6.92 Å². The molecule has 0 aromatic heterocycles. The number of rotatable bonds is 0. The van der Waals surface area contributed by atoms with Crippen LogP contribution in [-0.2, 0) is 14.3 Å². The molecular formula is C20H28O4. The van der Waals surface area contributed by atoms with Crippen LogP contribution in [0.1, 0.15) is 66.2 Å². The zero-order chi connectivity index (χ0) is 17.3. The van der Waals surface area contributed by atoms with E-state index >= 15 is 0 Å². The Labute approximate surface area is 143 Å². The van der Waals surface area contributed by atoms with E-state index in [0.717, 1.165) is 36.8 Å². The van der Waals surface area contributed by atoms with Crippen molar-refractivity contribution >= 4 is 5.97 Å². The summed E-state index contributed by atoms with van der Waals surface area (Å²) in [5, 5.41) is 11.1. The van der Waals surface area contributed by atoms with Crippen molar-refractivity contribution in [1.82, 2.24) is 0 Å². The predicted octanol–water partition coefficient (Wildman–Crippen LogP) is 3.64. The average molecular weight is 332 g/mol. The van der Waals surface area contributed by atoms with Crippen LogP contribution in [0, 0.1) is 11.3 Å². The minimum atomic E-state index is -1.47. The number of carbonyl (C=O) groups excluding carboxylic acids is 1. The Hall–Kier alpha value is -1.13. The third-order valence-electron chi connectivity index (χ3n) is 7.18. The van der Waals surface area contributed by atoms with E-state index in [1.165, 1.54) is 0 Å². The summed E-state index contributed by atoms with van der Waals surface area (Å²) in [7, 11) is 0. The van der Waals surface area contributed by atoms with Gasteiger partial charge in [-0.3, -0.25) is 0 Å². The number of esters is 1. The molecule has 0 aromatic carbocycles. The first-order valence-electron chi connectivity index (χ1n) is 9.17. The Morgan fingerprint density at radius 2 is 2.00 bits per heavy atom. The smallest absolute Gasteiger partial charge is 0.336 e. The Morgan fingerprint density at radius 1 is 1.25 bits per heavy atom. The van der Waals surface area contributed by atoms with Crippen LogP contribution in [0.3, 0.4) is 0 Å². The summed E-state index contributed by atoms with van der Waals surface area (Å²) in [5.74, 6) is -1.55. The van der Waals surface area contributed by atoms with Gasteiger partial charge in [0.05, 0.1) is 11.7 Å². The van der Waals surface area contributed by atoms with Gasteiger partial charge in [-0.05, 0) is 64.2 Å². The van der Waals surface area contributed by atoms with Gasteiger partial charge in [0, 0.05) is 17.6 Å². The highest BCUT2D eigenvalue weighted by Crippen LogP contribution is 2.62. The summed E-state index contributed by atoms with van der Waals surface area (Å²) in [5.41, 5.74) is 2.36. The maximum absolute atomic E-state index is 12.2. The molecule has 4 nitrogen and oxygen atoms in total. The second-order valence-electron chi connectivity index (χ2n) is 8.76. The second-order valence-corrected chi connectivity index (χ2v) is 8.76. The zero-order valence-corrected chi connectivity index (χ0v) is 15.1. The molecule has 4 rings (SSSR count). The largest absolute Gasteiger partial charge is 0.425 e. The average Bonchev–Trinajstić information content (AvgIpc) is 3.03. The fourth-order valence-corrected chi connectivity index (χ4v) is 5.73. The van der Waals surface area contributed by atoms with Gasteiger partial charge in [-0.15, -0.1) is 0 Å². The predicted molar refractivity (Wildman–Crippen MR) is 90.1 cm³/mol. The third-order valence-corrected chi connectivity index (χ3v) is 7.18. The Balaban J connectivity index is 1.82. The van der Waals surface area contributed by atoms with E-state index in [9.17, 15) is 9.90 Å². The van der Waals surface area contributed by atoms with Crippen LogP contribution in [0.4, 0.5) is 0 Å².